The summed E-state index contributed by atoms with van der Waals surface area (Å²) >= 11 is 0. The molecule has 21 heavy (non-hydrogen) atoms. The van der Waals surface area contributed by atoms with Gasteiger partial charge in [0.05, 0.1) is 12.1 Å². The molecule has 0 saturated carbocycles. The van der Waals surface area contributed by atoms with Gasteiger partial charge in [0.1, 0.15) is 0 Å². The van der Waals surface area contributed by atoms with Crippen molar-refractivity contribution in [3.05, 3.63) is 30.4 Å². The van der Waals surface area contributed by atoms with Gasteiger partial charge in [-0.15, -0.1) is 0 Å². The second-order valence-electron chi connectivity index (χ2n) is 5.29. The Morgan fingerprint density at radius 2 is 2.29 bits per heavy atom. The molecule has 1 aliphatic rings. The van der Waals surface area contributed by atoms with Gasteiger partial charge in [-0.25, -0.2) is 0 Å². The zero-order valence-electron chi connectivity index (χ0n) is 11.8. The number of rotatable bonds is 4. The Labute approximate surface area is 122 Å². The molecule has 1 atom stereocenters. The van der Waals surface area contributed by atoms with Crippen molar-refractivity contribution in [3.63, 3.8) is 0 Å². The summed E-state index contributed by atoms with van der Waals surface area (Å²) < 4.78 is 5.15. The fraction of sp³-hybridized carbons (Fsp3) is 0.429. The monoisotopic (exact) mass is 287 g/mol. The van der Waals surface area contributed by atoms with E-state index in [1.807, 2.05) is 6.92 Å². The molecular weight excluding hydrogens is 270 g/mol. The summed E-state index contributed by atoms with van der Waals surface area (Å²) in [6.07, 6.45) is 5.18. The summed E-state index contributed by atoms with van der Waals surface area (Å²) in [5, 5.41) is 9.95. The highest BCUT2D eigenvalue weighted by atomic mass is 16.5. The Morgan fingerprint density at radius 1 is 1.48 bits per heavy atom. The van der Waals surface area contributed by atoms with Crippen LogP contribution in [0.2, 0.25) is 0 Å². The summed E-state index contributed by atoms with van der Waals surface area (Å²) in [5.41, 5.74) is 0.337. The fourth-order valence-electron chi connectivity index (χ4n) is 2.38. The number of aromatic nitrogens is 3. The van der Waals surface area contributed by atoms with Crippen LogP contribution in [-0.2, 0) is 11.3 Å². The third-order valence-corrected chi connectivity index (χ3v) is 3.68. The summed E-state index contributed by atoms with van der Waals surface area (Å²) in [5.74, 6) is 0.840. The van der Waals surface area contributed by atoms with E-state index < -0.39 is 5.54 Å². The molecule has 7 heteroatoms. The van der Waals surface area contributed by atoms with Gasteiger partial charge in [0.15, 0.2) is 0 Å². The van der Waals surface area contributed by atoms with Gasteiger partial charge in [-0.05, 0) is 38.4 Å². The second kappa shape index (κ2) is 5.61. The summed E-state index contributed by atoms with van der Waals surface area (Å²) in [6, 6.07) is 3.60. The Bertz CT molecular complexity index is 619. The molecule has 3 rings (SSSR count). The molecular formula is C14H17N5O2. The van der Waals surface area contributed by atoms with Crippen LogP contribution < -0.4 is 10.6 Å². The van der Waals surface area contributed by atoms with E-state index in [4.69, 9.17) is 4.52 Å². The van der Waals surface area contributed by atoms with Crippen LogP contribution in [0.1, 0.15) is 25.7 Å². The maximum atomic E-state index is 12.1. The number of hydrogen-bond donors (Lipinski definition) is 2. The minimum atomic E-state index is -0.492. The van der Waals surface area contributed by atoms with Crippen molar-refractivity contribution < 1.29 is 9.32 Å². The van der Waals surface area contributed by atoms with Crippen molar-refractivity contribution in [1.29, 1.82) is 0 Å². The SMILES string of the molecule is C[C@]1(C(=O)NCc2nc(-c3ccncc3)no2)CCCN1. The van der Waals surface area contributed by atoms with Crippen LogP contribution in [0.3, 0.4) is 0 Å². The number of nitrogens with one attached hydrogen (secondary N) is 2. The maximum absolute atomic E-state index is 12.1. The van der Waals surface area contributed by atoms with Crippen LogP contribution >= 0.6 is 0 Å². The van der Waals surface area contributed by atoms with Crippen molar-refractivity contribution in [2.45, 2.75) is 31.8 Å². The number of amides is 1. The molecule has 1 fully saturated rings. The highest BCUT2D eigenvalue weighted by Gasteiger charge is 2.35. The molecule has 0 spiro atoms. The van der Waals surface area contributed by atoms with Crippen LogP contribution in [0, 0.1) is 0 Å². The van der Waals surface area contributed by atoms with Crippen molar-refractivity contribution >= 4 is 5.91 Å². The lowest BCUT2D eigenvalue weighted by Gasteiger charge is -2.22. The Kier molecular flexibility index (Phi) is 3.66. The first-order valence-corrected chi connectivity index (χ1v) is 6.94. The second-order valence-corrected chi connectivity index (χ2v) is 5.29. The van der Waals surface area contributed by atoms with E-state index in [1.165, 1.54) is 0 Å². The summed E-state index contributed by atoms with van der Waals surface area (Å²) in [7, 11) is 0. The van der Waals surface area contributed by atoms with Gasteiger partial charge in [-0.2, -0.15) is 4.98 Å². The lowest BCUT2D eigenvalue weighted by atomic mass is 9.99. The molecule has 2 aromatic rings. The average molecular weight is 287 g/mol. The molecule has 3 heterocycles. The summed E-state index contributed by atoms with van der Waals surface area (Å²) in [6.45, 7) is 3.01. The molecule has 110 valence electrons. The molecule has 0 radical (unpaired) electrons. The maximum Gasteiger partial charge on any atom is 0.246 e. The molecule has 0 aromatic carbocycles. The minimum absolute atomic E-state index is 0.0383. The van der Waals surface area contributed by atoms with E-state index in [0.29, 0.717) is 11.7 Å². The highest BCUT2D eigenvalue weighted by Crippen LogP contribution is 2.19. The molecule has 1 aliphatic heterocycles. The van der Waals surface area contributed by atoms with E-state index >= 15 is 0 Å². The number of carbonyl (C=O) groups excluding carboxylic acids is 1. The van der Waals surface area contributed by atoms with E-state index in [-0.39, 0.29) is 12.5 Å². The first kappa shape index (κ1) is 13.7. The van der Waals surface area contributed by atoms with Gasteiger partial charge in [-0.1, -0.05) is 5.16 Å². The van der Waals surface area contributed by atoms with Crippen LogP contribution in [0.4, 0.5) is 0 Å². The number of hydrogen-bond acceptors (Lipinski definition) is 6. The van der Waals surface area contributed by atoms with Crippen molar-refractivity contribution in [2.24, 2.45) is 0 Å². The fourth-order valence-corrected chi connectivity index (χ4v) is 2.38. The topological polar surface area (TPSA) is 92.9 Å². The lowest BCUT2D eigenvalue weighted by Crippen LogP contribution is -2.50. The Balaban J connectivity index is 1.62. The molecule has 1 saturated heterocycles. The lowest BCUT2D eigenvalue weighted by molar-refractivity contribution is -0.126. The predicted molar refractivity (Wildman–Crippen MR) is 75.0 cm³/mol. The normalized spacial score (nSPS) is 21.4. The van der Waals surface area contributed by atoms with Gasteiger partial charge in [0.25, 0.3) is 0 Å². The molecule has 2 aromatic heterocycles. The third-order valence-electron chi connectivity index (χ3n) is 3.68. The van der Waals surface area contributed by atoms with E-state index in [9.17, 15) is 4.79 Å². The van der Waals surface area contributed by atoms with Gasteiger partial charge in [-0.3, -0.25) is 9.78 Å². The number of nitrogens with zero attached hydrogens (tertiary/aromatic N) is 3. The molecule has 0 aliphatic carbocycles. The molecule has 7 nitrogen and oxygen atoms in total. The first-order chi connectivity index (χ1) is 10.2. The van der Waals surface area contributed by atoms with Crippen molar-refractivity contribution in [1.82, 2.24) is 25.8 Å². The predicted octanol–water partition coefficient (Wildman–Crippen LogP) is 0.890. The van der Waals surface area contributed by atoms with Crippen molar-refractivity contribution in [3.8, 4) is 11.4 Å². The molecule has 0 unspecified atom stereocenters. The molecule has 1 amide bonds. The minimum Gasteiger partial charge on any atom is -0.345 e. The molecule has 0 bridgehead atoms. The van der Waals surface area contributed by atoms with Gasteiger partial charge in [0, 0.05) is 18.0 Å². The van der Waals surface area contributed by atoms with Gasteiger partial charge in [0.2, 0.25) is 17.6 Å². The van der Waals surface area contributed by atoms with E-state index in [0.717, 1.165) is 24.9 Å². The smallest absolute Gasteiger partial charge is 0.246 e. The van der Waals surface area contributed by atoms with E-state index in [1.54, 1.807) is 24.5 Å². The highest BCUT2D eigenvalue weighted by molar-refractivity contribution is 5.86. The van der Waals surface area contributed by atoms with Crippen LogP contribution in [0.25, 0.3) is 11.4 Å². The Hall–Kier alpha value is -2.28. The third kappa shape index (κ3) is 2.92. The van der Waals surface area contributed by atoms with Gasteiger partial charge >= 0.3 is 0 Å². The largest absolute Gasteiger partial charge is 0.345 e. The quantitative estimate of drug-likeness (QED) is 0.867. The van der Waals surface area contributed by atoms with E-state index in [2.05, 4.69) is 25.8 Å². The first-order valence-electron chi connectivity index (χ1n) is 6.94. The zero-order valence-corrected chi connectivity index (χ0v) is 11.8. The van der Waals surface area contributed by atoms with Gasteiger partial charge < -0.3 is 15.2 Å². The number of carbonyl (C=O) groups is 1. The summed E-state index contributed by atoms with van der Waals surface area (Å²) in [4.78, 5) is 20.3. The average Bonchev–Trinajstić information content (AvgIpc) is 3.15. The van der Waals surface area contributed by atoms with Crippen molar-refractivity contribution in [2.75, 3.05) is 6.54 Å². The zero-order chi connectivity index (χ0) is 14.7. The van der Waals surface area contributed by atoms with Crippen LogP contribution in [0.15, 0.2) is 29.0 Å². The number of pyridine rings is 1. The van der Waals surface area contributed by atoms with Crippen LogP contribution in [0.5, 0.6) is 0 Å². The molecule has 2 N–H and O–H groups in total. The Morgan fingerprint density at radius 3 is 3.00 bits per heavy atom. The standard InChI is InChI=1S/C14H17N5O2/c1-14(5-2-6-17-14)13(20)16-9-11-18-12(19-21-11)10-3-7-15-8-4-10/h3-4,7-8,17H,2,5-6,9H2,1H3,(H,16,20)/t14-/m1/s1. The van der Waals surface area contributed by atoms with Crippen LogP contribution in [-0.4, -0.2) is 33.1 Å².